The lowest BCUT2D eigenvalue weighted by atomic mass is 9.97. The van der Waals surface area contributed by atoms with Crippen molar-refractivity contribution in [2.24, 2.45) is 0 Å². The van der Waals surface area contributed by atoms with Gasteiger partial charge in [0.05, 0.1) is 0 Å². The second-order valence-electron chi connectivity index (χ2n) is 5.36. The number of piperidine rings is 1. The molecule has 1 fully saturated rings. The van der Waals surface area contributed by atoms with Crippen molar-refractivity contribution in [2.45, 2.75) is 51.6 Å². The molecule has 2 N–H and O–H groups in total. The van der Waals surface area contributed by atoms with Crippen LogP contribution in [0.5, 0.6) is 0 Å². The SMILES string of the molecule is C[C@@H]1CCC[C@H](C)N1CCc1ccc(N)cc1. The highest BCUT2D eigenvalue weighted by molar-refractivity contribution is 5.39. The van der Waals surface area contributed by atoms with Crippen molar-refractivity contribution in [3.05, 3.63) is 29.8 Å². The summed E-state index contributed by atoms with van der Waals surface area (Å²) in [6.45, 7) is 5.89. The van der Waals surface area contributed by atoms with E-state index >= 15 is 0 Å². The third-order valence-corrected chi connectivity index (χ3v) is 4.01. The third kappa shape index (κ3) is 3.22. The van der Waals surface area contributed by atoms with Crippen LogP contribution in [0.2, 0.25) is 0 Å². The Bertz CT molecular complexity index is 334. The van der Waals surface area contributed by atoms with Gasteiger partial charge in [0.2, 0.25) is 0 Å². The highest BCUT2D eigenvalue weighted by atomic mass is 15.2. The van der Waals surface area contributed by atoms with E-state index in [9.17, 15) is 0 Å². The second-order valence-corrected chi connectivity index (χ2v) is 5.36. The largest absolute Gasteiger partial charge is 0.399 e. The van der Waals surface area contributed by atoms with Crippen LogP contribution in [-0.4, -0.2) is 23.5 Å². The van der Waals surface area contributed by atoms with Crippen LogP contribution < -0.4 is 5.73 Å². The molecule has 0 amide bonds. The molecular formula is C15H24N2. The van der Waals surface area contributed by atoms with E-state index in [1.807, 2.05) is 12.1 Å². The van der Waals surface area contributed by atoms with Gasteiger partial charge < -0.3 is 5.73 Å². The number of rotatable bonds is 3. The minimum atomic E-state index is 0.743. The molecular weight excluding hydrogens is 208 g/mol. The Balaban J connectivity index is 1.90. The molecule has 0 saturated carbocycles. The summed E-state index contributed by atoms with van der Waals surface area (Å²) in [4.78, 5) is 2.65. The summed E-state index contributed by atoms with van der Waals surface area (Å²) < 4.78 is 0. The monoisotopic (exact) mass is 232 g/mol. The van der Waals surface area contributed by atoms with Gasteiger partial charge in [-0.2, -0.15) is 0 Å². The van der Waals surface area contributed by atoms with Crippen LogP contribution in [-0.2, 0) is 6.42 Å². The summed E-state index contributed by atoms with van der Waals surface area (Å²) in [5.41, 5.74) is 7.95. The number of nitrogen functional groups attached to an aromatic ring is 1. The topological polar surface area (TPSA) is 29.3 Å². The molecule has 1 saturated heterocycles. The van der Waals surface area contributed by atoms with E-state index in [-0.39, 0.29) is 0 Å². The predicted molar refractivity (Wildman–Crippen MR) is 74.0 cm³/mol. The first-order chi connectivity index (χ1) is 8.16. The first kappa shape index (κ1) is 12.4. The average molecular weight is 232 g/mol. The van der Waals surface area contributed by atoms with E-state index in [1.165, 1.54) is 31.4 Å². The standard InChI is InChI=1S/C15H24N2/c1-12-4-3-5-13(2)17(12)11-10-14-6-8-15(16)9-7-14/h6-9,12-13H,3-5,10-11,16H2,1-2H3/t12-,13+. The number of likely N-dealkylation sites (tertiary alicyclic amines) is 1. The fourth-order valence-corrected chi connectivity index (χ4v) is 2.86. The van der Waals surface area contributed by atoms with Crippen LogP contribution in [0.3, 0.4) is 0 Å². The molecule has 1 aliphatic rings. The van der Waals surface area contributed by atoms with Crippen LogP contribution in [0.25, 0.3) is 0 Å². The molecule has 2 rings (SSSR count). The Kier molecular flexibility index (Phi) is 4.06. The zero-order valence-corrected chi connectivity index (χ0v) is 11.0. The molecule has 2 heteroatoms. The van der Waals surface area contributed by atoms with Crippen molar-refractivity contribution in [3.8, 4) is 0 Å². The van der Waals surface area contributed by atoms with Gasteiger partial charge in [0.1, 0.15) is 0 Å². The first-order valence-corrected chi connectivity index (χ1v) is 6.77. The molecule has 0 aliphatic carbocycles. The van der Waals surface area contributed by atoms with Gasteiger partial charge in [0.25, 0.3) is 0 Å². The van der Waals surface area contributed by atoms with Gasteiger partial charge in [-0.3, -0.25) is 4.90 Å². The number of nitrogens with zero attached hydrogens (tertiary/aromatic N) is 1. The van der Waals surface area contributed by atoms with Gasteiger partial charge >= 0.3 is 0 Å². The molecule has 2 atom stereocenters. The van der Waals surface area contributed by atoms with E-state index in [4.69, 9.17) is 5.73 Å². The quantitative estimate of drug-likeness (QED) is 0.812. The first-order valence-electron chi connectivity index (χ1n) is 6.77. The van der Waals surface area contributed by atoms with Gasteiger partial charge in [0.15, 0.2) is 0 Å². The fraction of sp³-hybridized carbons (Fsp3) is 0.600. The normalized spacial score (nSPS) is 26.0. The number of nitrogens with two attached hydrogens (primary N) is 1. The molecule has 94 valence electrons. The zero-order valence-electron chi connectivity index (χ0n) is 11.0. The maximum absolute atomic E-state index is 5.70. The molecule has 1 heterocycles. The van der Waals surface area contributed by atoms with E-state index < -0.39 is 0 Å². The molecule has 0 bridgehead atoms. The summed E-state index contributed by atoms with van der Waals surface area (Å²) in [5.74, 6) is 0. The molecule has 1 aromatic rings. The van der Waals surface area contributed by atoms with Gasteiger partial charge in [-0.15, -0.1) is 0 Å². The van der Waals surface area contributed by atoms with Crippen molar-refractivity contribution in [1.29, 1.82) is 0 Å². The minimum absolute atomic E-state index is 0.743. The van der Waals surface area contributed by atoms with Crippen molar-refractivity contribution in [3.63, 3.8) is 0 Å². The Morgan fingerprint density at radius 1 is 1.12 bits per heavy atom. The van der Waals surface area contributed by atoms with Gasteiger partial charge in [-0.25, -0.2) is 0 Å². The minimum Gasteiger partial charge on any atom is -0.399 e. The lowest BCUT2D eigenvalue weighted by Gasteiger charge is -2.39. The lowest BCUT2D eigenvalue weighted by molar-refractivity contribution is 0.105. The summed E-state index contributed by atoms with van der Waals surface area (Å²) in [5, 5.41) is 0. The highest BCUT2D eigenvalue weighted by Crippen LogP contribution is 2.22. The van der Waals surface area contributed by atoms with E-state index in [2.05, 4.69) is 30.9 Å². The summed E-state index contributed by atoms with van der Waals surface area (Å²) >= 11 is 0. The van der Waals surface area contributed by atoms with Crippen LogP contribution in [0.4, 0.5) is 5.69 Å². The molecule has 1 aliphatic heterocycles. The maximum Gasteiger partial charge on any atom is 0.0314 e. The highest BCUT2D eigenvalue weighted by Gasteiger charge is 2.23. The van der Waals surface area contributed by atoms with Gasteiger partial charge in [-0.05, 0) is 50.8 Å². The lowest BCUT2D eigenvalue weighted by Crippen LogP contribution is -2.44. The summed E-state index contributed by atoms with van der Waals surface area (Å²) in [7, 11) is 0. The summed E-state index contributed by atoms with van der Waals surface area (Å²) in [6, 6.07) is 9.78. The van der Waals surface area contributed by atoms with Crippen molar-refractivity contribution < 1.29 is 0 Å². The van der Waals surface area contributed by atoms with Crippen molar-refractivity contribution in [1.82, 2.24) is 4.90 Å². The van der Waals surface area contributed by atoms with E-state index in [0.29, 0.717) is 0 Å². The van der Waals surface area contributed by atoms with Crippen LogP contribution in [0, 0.1) is 0 Å². The van der Waals surface area contributed by atoms with Gasteiger partial charge in [0, 0.05) is 24.3 Å². The molecule has 2 nitrogen and oxygen atoms in total. The predicted octanol–water partition coefficient (Wildman–Crippen LogP) is 3.07. The van der Waals surface area contributed by atoms with Crippen LogP contribution in [0.1, 0.15) is 38.7 Å². The number of anilines is 1. The van der Waals surface area contributed by atoms with Crippen molar-refractivity contribution >= 4 is 5.69 Å². The Morgan fingerprint density at radius 3 is 2.29 bits per heavy atom. The van der Waals surface area contributed by atoms with E-state index in [1.54, 1.807) is 0 Å². The van der Waals surface area contributed by atoms with Gasteiger partial charge in [-0.1, -0.05) is 18.6 Å². The molecule has 17 heavy (non-hydrogen) atoms. The maximum atomic E-state index is 5.70. The average Bonchev–Trinajstić information content (AvgIpc) is 2.31. The Hall–Kier alpha value is -1.02. The van der Waals surface area contributed by atoms with Crippen LogP contribution >= 0.6 is 0 Å². The smallest absolute Gasteiger partial charge is 0.0314 e. The molecule has 0 aromatic heterocycles. The zero-order chi connectivity index (χ0) is 12.3. The Morgan fingerprint density at radius 2 is 1.71 bits per heavy atom. The fourth-order valence-electron chi connectivity index (χ4n) is 2.86. The van der Waals surface area contributed by atoms with Crippen LogP contribution in [0.15, 0.2) is 24.3 Å². The van der Waals surface area contributed by atoms with Crippen molar-refractivity contribution in [2.75, 3.05) is 12.3 Å². The second kappa shape index (κ2) is 5.54. The molecule has 0 spiro atoms. The molecule has 0 unspecified atom stereocenters. The number of hydrogen-bond acceptors (Lipinski definition) is 2. The molecule has 0 radical (unpaired) electrons. The summed E-state index contributed by atoms with van der Waals surface area (Å²) in [6.07, 6.45) is 5.23. The molecule has 1 aromatic carbocycles. The van der Waals surface area contributed by atoms with E-state index in [0.717, 1.165) is 24.2 Å². The number of benzene rings is 1. The third-order valence-electron chi connectivity index (χ3n) is 4.01. The Labute approximate surface area is 105 Å². The number of hydrogen-bond donors (Lipinski definition) is 1.